The van der Waals surface area contributed by atoms with E-state index < -0.39 is 0 Å². The Morgan fingerprint density at radius 3 is 2.92 bits per heavy atom. The normalized spacial score (nSPS) is 16.1. The Morgan fingerprint density at radius 1 is 1.29 bits per heavy atom. The molecule has 1 aliphatic rings. The maximum atomic E-state index is 13.4. The van der Waals surface area contributed by atoms with Crippen LogP contribution in [0.4, 0.5) is 10.2 Å². The first-order valence-corrected chi connectivity index (χ1v) is 8.28. The Morgan fingerprint density at radius 2 is 2.12 bits per heavy atom. The van der Waals surface area contributed by atoms with Gasteiger partial charge in [-0.1, -0.05) is 0 Å². The van der Waals surface area contributed by atoms with Crippen molar-refractivity contribution in [3.05, 3.63) is 36.4 Å². The van der Waals surface area contributed by atoms with Gasteiger partial charge in [0.25, 0.3) is 0 Å². The fraction of sp³-hybridized carbons (Fsp3) is 0.412. The summed E-state index contributed by atoms with van der Waals surface area (Å²) < 4.78 is 15.1. The van der Waals surface area contributed by atoms with Crippen LogP contribution in [0.2, 0.25) is 0 Å². The quantitative estimate of drug-likeness (QED) is 0.761. The van der Waals surface area contributed by atoms with Crippen LogP contribution in [-0.2, 0) is 0 Å². The Kier molecular flexibility index (Phi) is 4.03. The zero-order valence-corrected chi connectivity index (χ0v) is 13.3. The molecule has 24 heavy (non-hydrogen) atoms. The molecule has 0 saturated carbocycles. The molecule has 2 aromatic heterocycles. The minimum absolute atomic E-state index is 0.0853. The zero-order valence-electron chi connectivity index (χ0n) is 13.3. The summed E-state index contributed by atoms with van der Waals surface area (Å²) in [5, 5.41) is 18.1. The number of hydrogen-bond donors (Lipinski definition) is 2. The van der Waals surface area contributed by atoms with Gasteiger partial charge < -0.3 is 15.3 Å². The van der Waals surface area contributed by atoms with Crippen molar-refractivity contribution in [3.63, 3.8) is 0 Å². The summed E-state index contributed by atoms with van der Waals surface area (Å²) in [4.78, 5) is 6.69. The first-order valence-electron chi connectivity index (χ1n) is 8.28. The van der Waals surface area contributed by atoms with Gasteiger partial charge in [-0.3, -0.25) is 0 Å². The molecule has 0 aliphatic carbocycles. The van der Waals surface area contributed by atoms with Gasteiger partial charge in [-0.2, -0.15) is 5.10 Å². The molecule has 1 saturated heterocycles. The third-order valence-corrected chi connectivity index (χ3v) is 4.65. The number of piperidine rings is 1. The molecule has 0 atom stereocenters. The highest BCUT2D eigenvalue weighted by Gasteiger charge is 2.22. The van der Waals surface area contributed by atoms with Crippen molar-refractivity contribution in [1.82, 2.24) is 19.9 Å². The number of aromatic nitrogens is 3. The second-order valence-corrected chi connectivity index (χ2v) is 6.14. The molecular weight excluding hydrogens is 309 g/mol. The van der Waals surface area contributed by atoms with Crippen molar-refractivity contribution in [2.24, 2.45) is 0 Å². The van der Waals surface area contributed by atoms with Crippen LogP contribution in [0.1, 0.15) is 12.8 Å². The number of benzene rings is 1. The van der Waals surface area contributed by atoms with Gasteiger partial charge in [-0.25, -0.2) is 13.9 Å². The van der Waals surface area contributed by atoms with Gasteiger partial charge in [0.1, 0.15) is 18.0 Å². The fourth-order valence-electron chi connectivity index (χ4n) is 3.47. The van der Waals surface area contributed by atoms with E-state index in [-0.39, 0.29) is 12.4 Å². The summed E-state index contributed by atoms with van der Waals surface area (Å²) in [6, 6.07) is 6.96. The van der Waals surface area contributed by atoms with Crippen LogP contribution in [0.3, 0.4) is 0 Å². The van der Waals surface area contributed by atoms with E-state index in [4.69, 9.17) is 0 Å². The lowest BCUT2D eigenvalue weighted by Crippen LogP contribution is -2.44. The first kappa shape index (κ1) is 15.3. The van der Waals surface area contributed by atoms with Crippen molar-refractivity contribution in [2.45, 2.75) is 18.9 Å². The average Bonchev–Trinajstić information content (AvgIpc) is 2.97. The molecule has 0 bridgehead atoms. The molecule has 1 fully saturated rings. The number of anilines is 1. The highest BCUT2D eigenvalue weighted by molar-refractivity contribution is 5.94. The molecule has 0 spiro atoms. The standard InChI is InChI=1S/C17H20FN5O/c18-12-1-2-14-15(9-12)21-23-11-20-17(10-16(14)23)22(7-8-24)13-3-5-19-6-4-13/h1-2,9-11,13,19,24H,3-8H2. The Balaban J connectivity index is 1.77. The minimum Gasteiger partial charge on any atom is -0.395 e. The minimum atomic E-state index is -0.296. The predicted molar refractivity (Wildman–Crippen MR) is 90.8 cm³/mol. The third-order valence-electron chi connectivity index (χ3n) is 4.65. The number of aliphatic hydroxyl groups is 1. The number of nitrogens with zero attached hydrogens (tertiary/aromatic N) is 4. The first-order chi connectivity index (χ1) is 11.8. The topological polar surface area (TPSA) is 65.7 Å². The Hall–Kier alpha value is -2.25. The van der Waals surface area contributed by atoms with Crippen LogP contribution in [0, 0.1) is 5.82 Å². The Bertz CT molecular complexity index is 859. The van der Waals surface area contributed by atoms with Gasteiger partial charge in [0.15, 0.2) is 0 Å². The van der Waals surface area contributed by atoms with E-state index in [1.807, 2.05) is 6.07 Å². The number of rotatable bonds is 4. The molecular formula is C17H20FN5O. The molecule has 0 radical (unpaired) electrons. The van der Waals surface area contributed by atoms with Gasteiger partial charge in [0.2, 0.25) is 0 Å². The molecule has 1 aliphatic heterocycles. The lowest BCUT2D eigenvalue weighted by Gasteiger charge is -2.35. The van der Waals surface area contributed by atoms with Crippen LogP contribution in [0.15, 0.2) is 30.6 Å². The van der Waals surface area contributed by atoms with Crippen molar-refractivity contribution < 1.29 is 9.50 Å². The van der Waals surface area contributed by atoms with Crippen LogP contribution in [0.5, 0.6) is 0 Å². The fourth-order valence-corrected chi connectivity index (χ4v) is 3.47. The molecule has 3 heterocycles. The van der Waals surface area contributed by atoms with Gasteiger partial charge in [0.05, 0.1) is 17.6 Å². The monoisotopic (exact) mass is 329 g/mol. The molecule has 126 valence electrons. The summed E-state index contributed by atoms with van der Waals surface area (Å²) in [6.07, 6.45) is 3.71. The molecule has 0 unspecified atom stereocenters. The van der Waals surface area contributed by atoms with Crippen molar-refractivity contribution in [1.29, 1.82) is 0 Å². The summed E-state index contributed by atoms with van der Waals surface area (Å²) in [5.41, 5.74) is 1.51. The van der Waals surface area contributed by atoms with Crippen LogP contribution in [0.25, 0.3) is 16.4 Å². The number of nitrogens with one attached hydrogen (secondary N) is 1. The molecule has 6 nitrogen and oxygen atoms in total. The SMILES string of the molecule is OCCN(c1cc2c3ccc(F)cc3nn2cn1)C1CCNCC1. The maximum Gasteiger partial charge on any atom is 0.132 e. The molecule has 3 aromatic rings. The third kappa shape index (κ3) is 2.70. The van der Waals surface area contributed by atoms with E-state index >= 15 is 0 Å². The predicted octanol–water partition coefficient (Wildman–Crippen LogP) is 1.57. The number of aliphatic hydroxyl groups excluding tert-OH is 1. The molecule has 4 rings (SSSR count). The highest BCUT2D eigenvalue weighted by Crippen LogP contribution is 2.25. The summed E-state index contributed by atoms with van der Waals surface area (Å²) in [6.45, 7) is 2.59. The summed E-state index contributed by atoms with van der Waals surface area (Å²) in [7, 11) is 0. The van der Waals surface area contributed by atoms with Crippen LogP contribution < -0.4 is 10.2 Å². The number of fused-ring (bicyclic) bond motifs is 3. The Labute approximate surface area is 138 Å². The van der Waals surface area contributed by atoms with E-state index in [1.54, 1.807) is 16.9 Å². The lowest BCUT2D eigenvalue weighted by atomic mass is 10.0. The van der Waals surface area contributed by atoms with E-state index in [0.717, 1.165) is 42.7 Å². The zero-order chi connectivity index (χ0) is 16.5. The average molecular weight is 329 g/mol. The van der Waals surface area contributed by atoms with E-state index in [9.17, 15) is 9.50 Å². The van der Waals surface area contributed by atoms with Gasteiger partial charge in [-0.05, 0) is 38.1 Å². The van der Waals surface area contributed by atoms with Crippen LogP contribution >= 0.6 is 0 Å². The lowest BCUT2D eigenvalue weighted by molar-refractivity contribution is 0.291. The van der Waals surface area contributed by atoms with Gasteiger partial charge in [-0.15, -0.1) is 0 Å². The highest BCUT2D eigenvalue weighted by atomic mass is 19.1. The molecule has 1 aromatic carbocycles. The van der Waals surface area contributed by atoms with Gasteiger partial charge >= 0.3 is 0 Å². The molecule has 7 heteroatoms. The van der Waals surface area contributed by atoms with E-state index in [1.165, 1.54) is 12.1 Å². The molecule has 0 amide bonds. The summed E-state index contributed by atoms with van der Waals surface area (Å²) >= 11 is 0. The largest absolute Gasteiger partial charge is 0.395 e. The second-order valence-electron chi connectivity index (χ2n) is 6.14. The van der Waals surface area contributed by atoms with Crippen molar-refractivity contribution >= 4 is 22.2 Å². The maximum absolute atomic E-state index is 13.4. The summed E-state index contributed by atoms with van der Waals surface area (Å²) in [5.74, 6) is 0.533. The molecule has 2 N–H and O–H groups in total. The number of halogens is 1. The smallest absolute Gasteiger partial charge is 0.132 e. The van der Waals surface area contributed by atoms with E-state index in [0.29, 0.717) is 18.1 Å². The van der Waals surface area contributed by atoms with E-state index in [2.05, 4.69) is 20.3 Å². The number of hydrogen-bond acceptors (Lipinski definition) is 5. The van der Waals surface area contributed by atoms with Crippen LogP contribution in [-0.4, -0.2) is 52.0 Å². The van der Waals surface area contributed by atoms with Crippen molar-refractivity contribution in [2.75, 3.05) is 31.1 Å². The second kappa shape index (κ2) is 6.33. The van der Waals surface area contributed by atoms with Crippen molar-refractivity contribution in [3.8, 4) is 0 Å². The van der Waals surface area contributed by atoms with Gasteiger partial charge in [0, 0.05) is 30.1 Å².